The third-order valence-electron chi connectivity index (χ3n) is 5.92. The highest BCUT2D eigenvalue weighted by Crippen LogP contribution is 2.24. The number of methoxy groups -OCH3 is 1. The summed E-state index contributed by atoms with van der Waals surface area (Å²) in [5, 5.41) is 3.21. The number of carbonyl (C=O) groups is 2. The first-order valence-electron chi connectivity index (χ1n) is 10.9. The quantitative estimate of drug-likeness (QED) is 0.587. The summed E-state index contributed by atoms with van der Waals surface area (Å²) in [7, 11) is 1.63. The molecule has 164 valence electrons. The number of benzene rings is 3. The smallest absolute Gasteiger partial charge is 0.225 e. The molecule has 0 aromatic heterocycles. The summed E-state index contributed by atoms with van der Waals surface area (Å²) in [6, 6.07) is 27.7. The molecule has 5 nitrogen and oxygen atoms in total. The Morgan fingerprint density at radius 1 is 0.969 bits per heavy atom. The molecule has 3 aromatic rings. The van der Waals surface area contributed by atoms with Gasteiger partial charge in [-0.15, -0.1) is 0 Å². The van der Waals surface area contributed by atoms with E-state index >= 15 is 0 Å². The average molecular weight is 429 g/mol. The molecule has 0 saturated carbocycles. The van der Waals surface area contributed by atoms with E-state index in [1.807, 2.05) is 72.8 Å². The van der Waals surface area contributed by atoms with Gasteiger partial charge in [0.25, 0.3) is 0 Å². The van der Waals surface area contributed by atoms with E-state index in [0.29, 0.717) is 19.5 Å². The maximum Gasteiger partial charge on any atom is 0.225 e. The number of hydrogen-bond donors (Lipinski definition) is 1. The number of likely N-dealkylation sites (tertiary alicyclic amines) is 1. The second-order valence-electron chi connectivity index (χ2n) is 8.18. The Morgan fingerprint density at radius 2 is 1.62 bits per heavy atom. The fraction of sp³-hybridized carbons (Fsp3) is 0.259. The van der Waals surface area contributed by atoms with Gasteiger partial charge in [0.15, 0.2) is 0 Å². The van der Waals surface area contributed by atoms with Crippen LogP contribution in [0.4, 0.5) is 0 Å². The number of ether oxygens (including phenoxy) is 1. The lowest BCUT2D eigenvalue weighted by molar-refractivity contribution is -0.129. The van der Waals surface area contributed by atoms with Crippen molar-refractivity contribution in [2.45, 2.75) is 25.4 Å². The summed E-state index contributed by atoms with van der Waals surface area (Å²) in [6.07, 6.45) is 0.946. The molecule has 2 unspecified atom stereocenters. The highest BCUT2D eigenvalue weighted by molar-refractivity contribution is 5.89. The van der Waals surface area contributed by atoms with E-state index in [9.17, 15) is 9.59 Å². The van der Waals surface area contributed by atoms with Gasteiger partial charge in [-0.25, -0.2) is 0 Å². The van der Waals surface area contributed by atoms with Gasteiger partial charge in [0.2, 0.25) is 11.8 Å². The number of rotatable bonds is 8. The first kappa shape index (κ1) is 21.6. The van der Waals surface area contributed by atoms with Crippen molar-refractivity contribution in [1.29, 1.82) is 0 Å². The van der Waals surface area contributed by atoms with Crippen molar-refractivity contribution in [1.82, 2.24) is 10.2 Å². The molecular weight excluding hydrogens is 400 g/mol. The van der Waals surface area contributed by atoms with Crippen LogP contribution in [0, 0.1) is 5.92 Å². The van der Waals surface area contributed by atoms with Gasteiger partial charge in [-0.2, -0.15) is 0 Å². The minimum absolute atomic E-state index is 0.0142. The molecule has 2 amide bonds. The van der Waals surface area contributed by atoms with Crippen molar-refractivity contribution in [3.8, 4) is 5.75 Å². The van der Waals surface area contributed by atoms with Gasteiger partial charge in [-0.05, 0) is 35.2 Å². The molecule has 0 bridgehead atoms. The number of nitrogens with one attached hydrogen (secondary N) is 1. The summed E-state index contributed by atoms with van der Waals surface area (Å²) in [5.74, 6) is 0.382. The van der Waals surface area contributed by atoms with Crippen molar-refractivity contribution in [3.63, 3.8) is 0 Å². The number of nitrogens with zero attached hydrogens (tertiary/aromatic N) is 1. The Hall–Kier alpha value is -3.60. The van der Waals surface area contributed by atoms with Crippen molar-refractivity contribution in [2.75, 3.05) is 13.7 Å². The predicted molar refractivity (Wildman–Crippen MR) is 124 cm³/mol. The largest absolute Gasteiger partial charge is 0.497 e. The van der Waals surface area contributed by atoms with Crippen LogP contribution in [0.2, 0.25) is 0 Å². The molecule has 1 saturated heterocycles. The Morgan fingerprint density at radius 3 is 2.28 bits per heavy atom. The number of hydrogen-bond acceptors (Lipinski definition) is 3. The predicted octanol–water partition coefficient (Wildman–Crippen LogP) is 4.14. The van der Waals surface area contributed by atoms with Crippen LogP contribution in [0.1, 0.15) is 29.2 Å². The van der Waals surface area contributed by atoms with E-state index in [1.165, 1.54) is 0 Å². The molecule has 5 heteroatoms. The van der Waals surface area contributed by atoms with E-state index in [0.717, 1.165) is 22.4 Å². The zero-order valence-electron chi connectivity index (χ0n) is 18.2. The molecule has 1 heterocycles. The van der Waals surface area contributed by atoms with E-state index in [4.69, 9.17) is 4.74 Å². The normalized spacial score (nSPS) is 16.6. The summed E-state index contributed by atoms with van der Waals surface area (Å²) >= 11 is 0. The van der Waals surface area contributed by atoms with Crippen LogP contribution in [-0.2, 0) is 22.6 Å². The van der Waals surface area contributed by atoms with Crippen LogP contribution in [0.15, 0.2) is 84.9 Å². The Balaban J connectivity index is 1.42. The van der Waals surface area contributed by atoms with Crippen LogP contribution in [0.5, 0.6) is 5.75 Å². The number of amides is 2. The lowest BCUT2D eigenvalue weighted by atomic mass is 9.97. The molecule has 1 N–H and O–H groups in total. The monoisotopic (exact) mass is 428 g/mol. The molecule has 1 aliphatic heterocycles. The standard InChI is InChI=1S/C27H28N2O3/c1-32-24-14-12-21(13-15-24)18-29-19-23(17-26(29)30)27(31)28-25(22-10-6-3-7-11-22)16-20-8-4-2-5-9-20/h2-15,23,25H,16-19H2,1H3,(H,28,31). The zero-order valence-corrected chi connectivity index (χ0v) is 18.2. The maximum atomic E-state index is 13.1. The van der Waals surface area contributed by atoms with Crippen molar-refractivity contribution in [3.05, 3.63) is 102 Å². The molecule has 0 spiro atoms. The molecule has 1 aliphatic rings. The highest BCUT2D eigenvalue weighted by Gasteiger charge is 2.35. The fourth-order valence-electron chi connectivity index (χ4n) is 4.13. The number of carbonyl (C=O) groups excluding carboxylic acids is 2. The van der Waals surface area contributed by atoms with Gasteiger partial charge in [0.1, 0.15) is 5.75 Å². The van der Waals surface area contributed by atoms with Gasteiger partial charge >= 0.3 is 0 Å². The summed E-state index contributed by atoms with van der Waals surface area (Å²) in [4.78, 5) is 27.5. The van der Waals surface area contributed by atoms with E-state index < -0.39 is 0 Å². The van der Waals surface area contributed by atoms with Crippen molar-refractivity contribution >= 4 is 11.8 Å². The molecule has 4 rings (SSSR count). The lowest BCUT2D eigenvalue weighted by Crippen LogP contribution is -2.36. The maximum absolute atomic E-state index is 13.1. The van der Waals surface area contributed by atoms with Crippen LogP contribution >= 0.6 is 0 Å². The van der Waals surface area contributed by atoms with Gasteiger partial charge < -0.3 is 15.0 Å². The molecule has 3 aromatic carbocycles. The van der Waals surface area contributed by atoms with Crippen LogP contribution in [-0.4, -0.2) is 30.4 Å². The van der Waals surface area contributed by atoms with Crippen LogP contribution in [0.3, 0.4) is 0 Å². The van der Waals surface area contributed by atoms with E-state index in [2.05, 4.69) is 17.4 Å². The molecule has 1 fully saturated rings. The summed E-state index contributed by atoms with van der Waals surface area (Å²) < 4.78 is 5.19. The van der Waals surface area contributed by atoms with E-state index in [-0.39, 0.29) is 30.2 Å². The summed E-state index contributed by atoms with van der Waals surface area (Å²) in [6.45, 7) is 0.933. The zero-order chi connectivity index (χ0) is 22.3. The average Bonchev–Trinajstić information content (AvgIpc) is 3.20. The molecule has 32 heavy (non-hydrogen) atoms. The van der Waals surface area contributed by atoms with Crippen molar-refractivity contribution in [2.24, 2.45) is 5.92 Å². The highest BCUT2D eigenvalue weighted by atomic mass is 16.5. The van der Waals surface area contributed by atoms with Gasteiger partial charge in [-0.1, -0.05) is 72.8 Å². The second-order valence-corrected chi connectivity index (χ2v) is 8.18. The third-order valence-corrected chi connectivity index (χ3v) is 5.92. The first-order valence-corrected chi connectivity index (χ1v) is 10.9. The van der Waals surface area contributed by atoms with Crippen LogP contribution in [0.25, 0.3) is 0 Å². The van der Waals surface area contributed by atoms with Crippen molar-refractivity contribution < 1.29 is 14.3 Å². The first-order chi connectivity index (χ1) is 15.6. The molecular formula is C27H28N2O3. The van der Waals surface area contributed by atoms with E-state index in [1.54, 1.807) is 12.0 Å². The molecule has 2 atom stereocenters. The Labute approximate surface area is 189 Å². The minimum atomic E-state index is -0.345. The van der Waals surface area contributed by atoms with Crippen LogP contribution < -0.4 is 10.1 Å². The lowest BCUT2D eigenvalue weighted by Gasteiger charge is -2.22. The summed E-state index contributed by atoms with van der Waals surface area (Å²) in [5.41, 5.74) is 3.24. The van der Waals surface area contributed by atoms with Gasteiger partial charge in [0, 0.05) is 19.5 Å². The van der Waals surface area contributed by atoms with Gasteiger partial charge in [0.05, 0.1) is 19.1 Å². The van der Waals surface area contributed by atoms with Gasteiger partial charge in [-0.3, -0.25) is 9.59 Å². The molecule has 0 radical (unpaired) electrons. The minimum Gasteiger partial charge on any atom is -0.497 e. The SMILES string of the molecule is COc1ccc(CN2CC(C(=O)NC(Cc3ccccc3)c3ccccc3)CC2=O)cc1. The second kappa shape index (κ2) is 10.1. The molecule has 0 aliphatic carbocycles. The topological polar surface area (TPSA) is 58.6 Å². The fourth-order valence-corrected chi connectivity index (χ4v) is 4.13. The third kappa shape index (κ3) is 5.35. The Bertz CT molecular complexity index is 1040. The Kier molecular flexibility index (Phi) is 6.85.